The molecule has 0 aliphatic heterocycles. The predicted octanol–water partition coefficient (Wildman–Crippen LogP) is 14.5. The van der Waals surface area contributed by atoms with E-state index in [9.17, 15) is 14.2 Å². The van der Waals surface area contributed by atoms with Crippen LogP contribution in [0, 0.1) is 0 Å². The van der Waals surface area contributed by atoms with Crippen LogP contribution < -0.4 is 0 Å². The number of phosphoric acid groups is 1. The minimum atomic E-state index is -4.77. The number of allylic oxidation sites excluding steroid dienone is 10. The van der Waals surface area contributed by atoms with Gasteiger partial charge in [0.15, 0.2) is 6.10 Å². The molecule has 0 heterocycles. The fourth-order valence-electron chi connectivity index (χ4n) is 6.41. The second-order valence-corrected chi connectivity index (χ2v) is 16.6. The van der Waals surface area contributed by atoms with Crippen LogP contribution in [0.1, 0.15) is 213 Å². The normalized spacial score (nSPS) is 13.0. The molecule has 8 nitrogen and oxygen atoms in total. The third kappa shape index (κ3) is 46.3. The van der Waals surface area contributed by atoms with Crippen LogP contribution in [0.5, 0.6) is 0 Å². The van der Waals surface area contributed by atoms with Crippen LogP contribution >= 0.6 is 7.82 Å². The second kappa shape index (κ2) is 43.3. The fourth-order valence-corrected chi connectivity index (χ4v) is 6.77. The molecule has 1 atom stereocenters. The van der Waals surface area contributed by atoms with E-state index < -0.39 is 32.5 Å². The molecule has 2 N–H and O–H groups in total. The minimum Gasteiger partial charge on any atom is -0.462 e. The number of unbranched alkanes of at least 4 members (excludes halogenated alkanes) is 22. The van der Waals surface area contributed by atoms with Gasteiger partial charge < -0.3 is 19.3 Å². The molecule has 0 aliphatic carbocycles. The zero-order valence-corrected chi connectivity index (χ0v) is 37.4. The second-order valence-electron chi connectivity index (χ2n) is 15.4. The summed E-state index contributed by atoms with van der Waals surface area (Å²) in [5.74, 6) is -0.948. The molecule has 0 saturated carbocycles. The van der Waals surface area contributed by atoms with E-state index in [2.05, 4.69) is 73.1 Å². The molecule has 1 unspecified atom stereocenters. The highest BCUT2D eigenvalue weighted by atomic mass is 31.2. The Hall–Kier alpha value is -2.25. The van der Waals surface area contributed by atoms with Gasteiger partial charge in [-0.25, -0.2) is 4.57 Å². The highest BCUT2D eigenvalue weighted by Gasteiger charge is 2.22. The van der Waals surface area contributed by atoms with Crippen molar-refractivity contribution in [2.45, 2.75) is 219 Å². The summed E-state index contributed by atoms with van der Waals surface area (Å²) in [6, 6.07) is 0. The van der Waals surface area contributed by atoms with Gasteiger partial charge in [0.2, 0.25) is 0 Å². The zero-order valence-electron chi connectivity index (χ0n) is 36.5. The third-order valence-electron chi connectivity index (χ3n) is 9.80. The van der Waals surface area contributed by atoms with Crippen LogP contribution in [-0.4, -0.2) is 41.0 Å². The summed E-state index contributed by atoms with van der Waals surface area (Å²) in [6.07, 6.45) is 55.3. The van der Waals surface area contributed by atoms with Crippen molar-refractivity contribution in [1.29, 1.82) is 0 Å². The summed E-state index contributed by atoms with van der Waals surface area (Å²) in [5.41, 5.74) is 0. The Morgan fingerprint density at radius 3 is 1.25 bits per heavy atom. The summed E-state index contributed by atoms with van der Waals surface area (Å²) in [4.78, 5) is 42.9. The smallest absolute Gasteiger partial charge is 0.462 e. The molecular weight excluding hydrogens is 735 g/mol. The third-order valence-corrected chi connectivity index (χ3v) is 10.3. The van der Waals surface area contributed by atoms with E-state index in [0.717, 1.165) is 51.4 Å². The van der Waals surface area contributed by atoms with Crippen LogP contribution in [-0.2, 0) is 28.2 Å². The van der Waals surface area contributed by atoms with Crippen molar-refractivity contribution < 1.29 is 37.9 Å². The van der Waals surface area contributed by atoms with Crippen molar-refractivity contribution >= 4 is 19.8 Å². The molecule has 0 spiro atoms. The number of esters is 2. The number of hydrogen-bond acceptors (Lipinski definition) is 6. The van der Waals surface area contributed by atoms with E-state index >= 15 is 0 Å². The molecule has 0 aromatic heterocycles. The lowest BCUT2D eigenvalue weighted by atomic mass is 10.0. The maximum atomic E-state index is 12.4. The lowest BCUT2D eigenvalue weighted by Crippen LogP contribution is -2.29. The van der Waals surface area contributed by atoms with Gasteiger partial charge in [-0.05, 0) is 51.4 Å². The Balaban J connectivity index is 3.90. The standard InChI is InChI=1S/C48H85O8P/c1-3-5-7-9-11-13-15-17-19-21-22-23-24-25-27-28-30-32-34-36-38-40-42-47(49)54-44-46(45-55-57(51,52)53)56-48(50)43-41-39-37-35-33-31-29-26-20-18-16-14-12-10-8-6-4-2/h6,8,12,14,18,20,29,31,35,37,46H,3-5,7,9-11,13,15-17,19,21-28,30,32-34,36,38-45H2,1-2H3,(H2,51,52,53)/b8-6-,14-12-,20-18-,31-29-,37-35-. The molecule has 0 aliphatic rings. The zero-order chi connectivity index (χ0) is 41.8. The first-order valence-electron chi connectivity index (χ1n) is 23.1. The van der Waals surface area contributed by atoms with Crippen molar-refractivity contribution in [1.82, 2.24) is 0 Å². The van der Waals surface area contributed by atoms with E-state index in [-0.39, 0.29) is 19.4 Å². The molecule has 0 radical (unpaired) electrons. The summed E-state index contributed by atoms with van der Waals surface area (Å²) in [5, 5.41) is 0. The molecule has 0 aromatic carbocycles. The molecule has 0 saturated heterocycles. The molecule has 57 heavy (non-hydrogen) atoms. The van der Waals surface area contributed by atoms with E-state index in [0.29, 0.717) is 12.8 Å². The van der Waals surface area contributed by atoms with Crippen LogP contribution in [0.15, 0.2) is 60.8 Å². The Bertz CT molecular complexity index is 1110. The van der Waals surface area contributed by atoms with Crippen molar-refractivity contribution in [2.75, 3.05) is 13.2 Å². The average molecular weight is 821 g/mol. The summed E-state index contributed by atoms with van der Waals surface area (Å²) in [7, 11) is -4.77. The molecule has 0 aromatic rings. The largest absolute Gasteiger partial charge is 0.469 e. The van der Waals surface area contributed by atoms with Gasteiger partial charge in [0.1, 0.15) is 6.61 Å². The Morgan fingerprint density at radius 1 is 0.474 bits per heavy atom. The number of ether oxygens (including phenoxy) is 2. The Morgan fingerprint density at radius 2 is 0.842 bits per heavy atom. The Labute approximate surface area is 349 Å². The molecule has 0 rings (SSSR count). The van der Waals surface area contributed by atoms with Gasteiger partial charge in [-0.15, -0.1) is 0 Å². The van der Waals surface area contributed by atoms with E-state index in [1.165, 1.54) is 122 Å². The number of hydrogen-bond donors (Lipinski definition) is 2. The van der Waals surface area contributed by atoms with Gasteiger partial charge >= 0.3 is 19.8 Å². The minimum absolute atomic E-state index is 0.133. The van der Waals surface area contributed by atoms with Gasteiger partial charge in [-0.1, -0.05) is 209 Å². The summed E-state index contributed by atoms with van der Waals surface area (Å²) < 4.78 is 26.4. The first-order valence-corrected chi connectivity index (χ1v) is 24.6. The van der Waals surface area contributed by atoms with Gasteiger partial charge in [0.05, 0.1) is 6.61 Å². The molecular formula is C48H85O8P. The molecule has 0 amide bonds. The number of carbonyl (C=O) groups excluding carboxylic acids is 2. The summed E-state index contributed by atoms with van der Waals surface area (Å²) in [6.45, 7) is 3.55. The number of phosphoric ester groups is 1. The van der Waals surface area contributed by atoms with E-state index in [1.807, 2.05) is 6.08 Å². The van der Waals surface area contributed by atoms with Crippen LogP contribution in [0.2, 0.25) is 0 Å². The molecule has 0 bridgehead atoms. The van der Waals surface area contributed by atoms with Gasteiger partial charge in [0, 0.05) is 12.8 Å². The van der Waals surface area contributed by atoms with Crippen molar-refractivity contribution in [3.8, 4) is 0 Å². The van der Waals surface area contributed by atoms with Crippen molar-refractivity contribution in [3.63, 3.8) is 0 Å². The number of carbonyl (C=O) groups is 2. The SMILES string of the molecule is CC/C=C\C/C=C\C/C=C\C/C=C\C/C=C\CCCC(=O)OC(COC(=O)CCCCCCCCCCCCCCCCCCCCCCCC)COP(=O)(O)O. The lowest BCUT2D eigenvalue weighted by molar-refractivity contribution is -0.161. The van der Waals surface area contributed by atoms with E-state index in [4.69, 9.17) is 19.3 Å². The highest BCUT2D eigenvalue weighted by molar-refractivity contribution is 7.46. The molecule has 9 heteroatoms. The van der Waals surface area contributed by atoms with Crippen LogP contribution in [0.4, 0.5) is 0 Å². The monoisotopic (exact) mass is 821 g/mol. The first-order chi connectivity index (χ1) is 27.8. The highest BCUT2D eigenvalue weighted by Crippen LogP contribution is 2.36. The van der Waals surface area contributed by atoms with Crippen molar-refractivity contribution in [3.05, 3.63) is 60.8 Å². The van der Waals surface area contributed by atoms with Crippen LogP contribution in [0.3, 0.4) is 0 Å². The molecule has 330 valence electrons. The Kier molecular flexibility index (Phi) is 41.6. The first kappa shape index (κ1) is 54.8. The van der Waals surface area contributed by atoms with Gasteiger partial charge in [-0.2, -0.15) is 0 Å². The maximum absolute atomic E-state index is 12.4. The van der Waals surface area contributed by atoms with Gasteiger partial charge in [-0.3, -0.25) is 14.1 Å². The summed E-state index contributed by atoms with van der Waals surface area (Å²) >= 11 is 0. The lowest BCUT2D eigenvalue weighted by Gasteiger charge is -2.18. The predicted molar refractivity (Wildman–Crippen MR) is 239 cm³/mol. The van der Waals surface area contributed by atoms with Crippen LogP contribution in [0.25, 0.3) is 0 Å². The average Bonchev–Trinajstić information content (AvgIpc) is 3.18. The topological polar surface area (TPSA) is 119 Å². The quantitative estimate of drug-likeness (QED) is 0.0270. The maximum Gasteiger partial charge on any atom is 0.469 e. The fraction of sp³-hybridized carbons (Fsp3) is 0.750. The van der Waals surface area contributed by atoms with Crippen molar-refractivity contribution in [2.24, 2.45) is 0 Å². The molecule has 0 fully saturated rings. The van der Waals surface area contributed by atoms with E-state index in [1.54, 1.807) is 0 Å². The van der Waals surface area contributed by atoms with Gasteiger partial charge in [0.25, 0.3) is 0 Å². The number of rotatable bonds is 42.